The molecule has 1 heterocycles. The van der Waals surface area contributed by atoms with Crippen LogP contribution in [0.25, 0.3) is 28.0 Å². The lowest BCUT2D eigenvalue weighted by molar-refractivity contribution is -0.138. The summed E-state index contributed by atoms with van der Waals surface area (Å²) in [5, 5.41) is 9.03. The second-order valence-corrected chi connectivity index (χ2v) is 9.15. The number of aromatic nitrogens is 2. The van der Waals surface area contributed by atoms with Gasteiger partial charge in [0.25, 0.3) is 0 Å². The van der Waals surface area contributed by atoms with Gasteiger partial charge in [-0.3, -0.25) is 4.79 Å². The quantitative estimate of drug-likeness (QED) is 0.341. The third-order valence-corrected chi connectivity index (χ3v) is 6.76. The third kappa shape index (κ3) is 6.82. The van der Waals surface area contributed by atoms with Gasteiger partial charge in [0, 0.05) is 12.0 Å². The van der Waals surface area contributed by atoms with E-state index in [0.717, 1.165) is 59.2 Å². The lowest BCUT2D eigenvalue weighted by Gasteiger charge is -2.28. The maximum absolute atomic E-state index is 11.0. The van der Waals surface area contributed by atoms with Gasteiger partial charge in [0.05, 0.1) is 11.0 Å². The number of hydrogen-bond acceptors (Lipinski definition) is 2. The van der Waals surface area contributed by atoms with Crippen molar-refractivity contribution < 1.29 is 9.90 Å². The van der Waals surface area contributed by atoms with E-state index in [1.807, 2.05) is 19.9 Å². The molecule has 3 aromatic rings. The van der Waals surface area contributed by atoms with E-state index in [9.17, 15) is 4.79 Å². The molecule has 0 amide bonds. The summed E-state index contributed by atoms with van der Waals surface area (Å²) in [6.45, 7) is 12.4. The first-order chi connectivity index (χ1) is 16.9. The smallest absolute Gasteiger partial charge is 0.303 e. The molecule has 4 nitrogen and oxygen atoms in total. The van der Waals surface area contributed by atoms with Crippen LogP contribution in [0.5, 0.6) is 0 Å². The van der Waals surface area contributed by atoms with E-state index in [-0.39, 0.29) is 0 Å². The Bertz CT molecular complexity index is 1210. The molecule has 1 aliphatic carbocycles. The summed E-state index contributed by atoms with van der Waals surface area (Å²) < 4.78 is 0. The van der Waals surface area contributed by atoms with E-state index in [1.165, 1.54) is 11.1 Å². The van der Waals surface area contributed by atoms with E-state index in [2.05, 4.69) is 80.0 Å². The molecule has 2 N–H and O–H groups in total. The highest BCUT2D eigenvalue weighted by molar-refractivity contribution is 5.80. The zero-order chi connectivity index (χ0) is 25.4. The lowest BCUT2D eigenvalue weighted by atomic mass is 9.77. The second-order valence-electron chi connectivity index (χ2n) is 9.15. The minimum atomic E-state index is -0.678. The molecule has 0 radical (unpaired) electrons. The van der Waals surface area contributed by atoms with Crippen LogP contribution in [-0.2, 0) is 4.79 Å². The topological polar surface area (TPSA) is 66.0 Å². The number of nitrogens with one attached hydrogen (secondary N) is 1. The van der Waals surface area contributed by atoms with Crippen LogP contribution in [0.4, 0.5) is 0 Å². The number of rotatable bonds is 7. The normalized spacial score (nSPS) is 18.3. The largest absolute Gasteiger partial charge is 0.481 e. The first kappa shape index (κ1) is 26.2. The van der Waals surface area contributed by atoms with Crippen LogP contribution in [0.15, 0.2) is 72.8 Å². The number of carbonyl (C=O) groups is 1. The fraction of sp³-hybridized carbons (Fsp3) is 0.355. The summed E-state index contributed by atoms with van der Waals surface area (Å²) in [4.78, 5) is 19.1. The Morgan fingerprint density at radius 1 is 1.09 bits per heavy atom. The van der Waals surface area contributed by atoms with Crippen LogP contribution < -0.4 is 0 Å². The Hall–Kier alpha value is -3.40. The minimum Gasteiger partial charge on any atom is -0.481 e. The SMILES string of the molecule is C=C(/C=C\C(=C/C)C1CCC(CC(=O)O)CC1)c1ccc(-c2nc3ccc(C)cc3[nH]2)cc1.CC. The van der Waals surface area contributed by atoms with Crippen LogP contribution in [0.1, 0.15) is 64.0 Å². The Labute approximate surface area is 209 Å². The predicted octanol–water partition coefficient (Wildman–Crippen LogP) is 8.36. The standard InChI is InChI=1S/C29H32N2O2.C2H6/c1-4-22(24-10-7-21(8-11-24)18-28(32)33)9-6-20(3)23-12-14-25(15-13-23)29-30-26-16-5-19(2)17-27(26)31-29;1-2/h4-6,9,12-17,21,24H,3,7-8,10-11,18H2,1-2H3,(H,30,31)(H,32,33);1-2H3/b9-6-,22-4+;. The molecule has 184 valence electrons. The van der Waals surface area contributed by atoms with Gasteiger partial charge in [-0.25, -0.2) is 4.98 Å². The van der Waals surface area contributed by atoms with Crippen molar-refractivity contribution in [2.75, 3.05) is 0 Å². The number of H-pyrrole nitrogens is 1. The molecule has 4 rings (SSSR count). The molecule has 0 aliphatic heterocycles. The number of benzene rings is 2. The van der Waals surface area contributed by atoms with Crippen molar-refractivity contribution in [1.29, 1.82) is 0 Å². The van der Waals surface area contributed by atoms with Gasteiger partial charge in [0.2, 0.25) is 0 Å². The van der Waals surface area contributed by atoms with Gasteiger partial charge in [0.15, 0.2) is 0 Å². The fourth-order valence-electron chi connectivity index (χ4n) is 4.81. The summed E-state index contributed by atoms with van der Waals surface area (Å²) in [5.74, 6) is 1.02. The first-order valence-electron chi connectivity index (χ1n) is 12.7. The third-order valence-electron chi connectivity index (χ3n) is 6.76. The van der Waals surface area contributed by atoms with Crippen LogP contribution in [0.2, 0.25) is 0 Å². The van der Waals surface area contributed by atoms with Crippen molar-refractivity contribution in [3.8, 4) is 11.4 Å². The number of imidazole rings is 1. The Morgan fingerprint density at radius 3 is 2.40 bits per heavy atom. The van der Waals surface area contributed by atoms with Gasteiger partial charge in [-0.1, -0.05) is 69.0 Å². The first-order valence-corrected chi connectivity index (χ1v) is 12.7. The lowest BCUT2D eigenvalue weighted by Crippen LogP contribution is -2.18. The van der Waals surface area contributed by atoms with Crippen molar-refractivity contribution in [1.82, 2.24) is 9.97 Å². The molecule has 1 aliphatic rings. The Morgan fingerprint density at radius 2 is 1.77 bits per heavy atom. The van der Waals surface area contributed by atoms with E-state index >= 15 is 0 Å². The van der Waals surface area contributed by atoms with Crippen molar-refractivity contribution in [2.24, 2.45) is 11.8 Å². The van der Waals surface area contributed by atoms with Crippen molar-refractivity contribution >= 4 is 22.6 Å². The number of aromatic amines is 1. The molecule has 1 aromatic heterocycles. The van der Waals surface area contributed by atoms with Gasteiger partial charge >= 0.3 is 5.97 Å². The highest BCUT2D eigenvalue weighted by Gasteiger charge is 2.24. The van der Waals surface area contributed by atoms with Gasteiger partial charge in [-0.05, 0) is 85.8 Å². The predicted molar refractivity (Wildman–Crippen MR) is 147 cm³/mol. The zero-order valence-corrected chi connectivity index (χ0v) is 21.5. The van der Waals surface area contributed by atoms with E-state index < -0.39 is 5.97 Å². The Kier molecular flexibility index (Phi) is 9.25. The number of hydrogen-bond donors (Lipinski definition) is 2. The van der Waals surface area contributed by atoms with Crippen LogP contribution >= 0.6 is 0 Å². The molecular formula is C31H38N2O2. The van der Waals surface area contributed by atoms with Gasteiger partial charge in [-0.2, -0.15) is 0 Å². The number of nitrogens with zero attached hydrogens (tertiary/aromatic N) is 1. The van der Waals surface area contributed by atoms with Crippen LogP contribution in [-0.4, -0.2) is 21.0 Å². The summed E-state index contributed by atoms with van der Waals surface area (Å²) in [7, 11) is 0. The number of fused-ring (bicyclic) bond motifs is 1. The molecule has 2 aromatic carbocycles. The van der Waals surface area contributed by atoms with Gasteiger partial charge < -0.3 is 10.1 Å². The maximum atomic E-state index is 11.0. The summed E-state index contributed by atoms with van der Waals surface area (Å²) in [6, 6.07) is 14.6. The number of allylic oxidation sites excluding steroid dienone is 5. The van der Waals surface area contributed by atoms with Crippen LogP contribution in [0, 0.1) is 18.8 Å². The summed E-state index contributed by atoms with van der Waals surface area (Å²) in [6.07, 6.45) is 10.8. The number of carboxylic acids is 1. The molecule has 0 spiro atoms. The molecule has 4 heteroatoms. The number of carboxylic acid groups (broad SMARTS) is 1. The van der Waals surface area contributed by atoms with Gasteiger partial charge in [-0.15, -0.1) is 0 Å². The molecule has 1 fully saturated rings. The minimum absolute atomic E-state index is 0.300. The highest BCUT2D eigenvalue weighted by Crippen LogP contribution is 2.35. The molecule has 0 bridgehead atoms. The zero-order valence-electron chi connectivity index (χ0n) is 21.5. The molecule has 1 saturated carbocycles. The van der Waals surface area contributed by atoms with Gasteiger partial charge in [0.1, 0.15) is 5.82 Å². The van der Waals surface area contributed by atoms with Crippen molar-refractivity contribution in [3.05, 3.63) is 84.0 Å². The van der Waals surface area contributed by atoms with Crippen molar-refractivity contribution in [3.63, 3.8) is 0 Å². The average Bonchev–Trinajstić information content (AvgIpc) is 3.29. The highest BCUT2D eigenvalue weighted by atomic mass is 16.4. The monoisotopic (exact) mass is 470 g/mol. The molecule has 0 unspecified atom stereocenters. The van der Waals surface area contributed by atoms with Crippen LogP contribution in [0.3, 0.4) is 0 Å². The molecule has 0 saturated heterocycles. The number of aliphatic carboxylic acids is 1. The van der Waals surface area contributed by atoms with E-state index in [4.69, 9.17) is 10.1 Å². The summed E-state index contributed by atoms with van der Waals surface area (Å²) in [5.41, 5.74) is 7.67. The van der Waals surface area contributed by atoms with E-state index in [0.29, 0.717) is 18.3 Å². The fourth-order valence-corrected chi connectivity index (χ4v) is 4.81. The van der Waals surface area contributed by atoms with Crippen molar-refractivity contribution in [2.45, 2.75) is 59.8 Å². The second kappa shape index (κ2) is 12.3. The molecule has 0 atom stereocenters. The number of aryl methyl sites for hydroxylation is 1. The molecule has 35 heavy (non-hydrogen) atoms. The summed E-state index contributed by atoms with van der Waals surface area (Å²) >= 11 is 0. The average molecular weight is 471 g/mol. The molecular weight excluding hydrogens is 432 g/mol. The maximum Gasteiger partial charge on any atom is 0.303 e. The Balaban J connectivity index is 0.00000167. The van der Waals surface area contributed by atoms with E-state index in [1.54, 1.807) is 0 Å².